The van der Waals surface area contributed by atoms with Gasteiger partial charge in [-0.1, -0.05) is 78.7 Å². The molecule has 1 aromatic carbocycles. The summed E-state index contributed by atoms with van der Waals surface area (Å²) in [7, 11) is 1.51. The van der Waals surface area contributed by atoms with Gasteiger partial charge in [-0.25, -0.2) is 9.59 Å². The van der Waals surface area contributed by atoms with E-state index in [1.165, 1.54) is 27.0 Å². The van der Waals surface area contributed by atoms with Gasteiger partial charge in [0.2, 0.25) is 6.29 Å². The van der Waals surface area contributed by atoms with Gasteiger partial charge in [0.1, 0.15) is 96.8 Å². The molecule has 9 fully saturated rings. The predicted molar refractivity (Wildman–Crippen MR) is 363 cm³/mol. The summed E-state index contributed by atoms with van der Waals surface area (Å²) in [4.78, 5) is 71.6. The smallest absolute Gasteiger partial charge is 0.338 e. The number of esters is 4. The van der Waals surface area contributed by atoms with Crippen LogP contribution >= 0.6 is 0 Å². The van der Waals surface area contributed by atoms with Gasteiger partial charge in [0.25, 0.3) is 0 Å². The number of fused-ring (bicyclic) bond motifs is 7. The zero-order valence-corrected chi connectivity index (χ0v) is 61.9. The van der Waals surface area contributed by atoms with E-state index >= 15 is 4.79 Å². The Hall–Kier alpha value is -4.79. The first-order valence-electron chi connectivity index (χ1n) is 37.2. The number of unbranched alkanes of at least 4 members (excludes halogenated alkanes) is 1. The maximum absolute atomic E-state index is 16.1. The summed E-state index contributed by atoms with van der Waals surface area (Å²) < 4.78 is 85.5. The van der Waals surface area contributed by atoms with E-state index < -0.39 is 241 Å². The minimum Gasteiger partial charge on any atom is -0.497 e. The van der Waals surface area contributed by atoms with Crippen molar-refractivity contribution >= 4 is 36.2 Å². The van der Waals surface area contributed by atoms with E-state index in [2.05, 4.69) is 40.7 Å². The number of hydrogen-bond acceptors (Lipinski definition) is 31. The number of carbonyl (C=O) groups excluding carboxylic acids is 5. The van der Waals surface area contributed by atoms with Gasteiger partial charge in [-0.15, -0.1) is 0 Å². The Morgan fingerprint density at radius 1 is 0.623 bits per heavy atom. The van der Waals surface area contributed by atoms with Gasteiger partial charge in [-0.05, 0) is 141 Å². The molecule has 106 heavy (non-hydrogen) atoms. The molecule has 0 radical (unpaired) electrons. The summed E-state index contributed by atoms with van der Waals surface area (Å²) in [6, 6.07) is 6.80. The average molecular weight is 1510 g/mol. The predicted octanol–water partition coefficient (Wildman–Crippen LogP) is 0.828. The van der Waals surface area contributed by atoms with Crippen molar-refractivity contribution in [1.29, 1.82) is 0 Å². The molecule has 5 heterocycles. The molecule has 10 aliphatic rings. The van der Waals surface area contributed by atoms with Crippen LogP contribution in [0.5, 0.6) is 5.75 Å². The number of allylic oxidation sites excluding steroid dienone is 2. The molecule has 12 N–H and O–H groups in total. The van der Waals surface area contributed by atoms with Crippen LogP contribution in [-0.4, -0.2) is 278 Å². The van der Waals surface area contributed by atoms with Gasteiger partial charge in [0, 0.05) is 13.0 Å². The lowest BCUT2D eigenvalue weighted by atomic mass is 9.33. The highest BCUT2D eigenvalue weighted by Gasteiger charge is 2.73. The molecule has 596 valence electrons. The van der Waals surface area contributed by atoms with Crippen LogP contribution in [0.3, 0.4) is 0 Å². The first kappa shape index (κ1) is 82.2. The lowest BCUT2D eigenvalue weighted by Crippen LogP contribution is -2.69. The Balaban J connectivity index is 0.899. The third-order valence-corrected chi connectivity index (χ3v) is 25.8. The summed E-state index contributed by atoms with van der Waals surface area (Å²) in [5.74, 6) is -4.49. The van der Waals surface area contributed by atoms with E-state index in [0.717, 1.165) is 24.9 Å². The second kappa shape index (κ2) is 32.1. The van der Waals surface area contributed by atoms with Crippen LogP contribution in [0.1, 0.15) is 145 Å². The van der Waals surface area contributed by atoms with Crippen molar-refractivity contribution in [3.8, 4) is 5.75 Å². The third-order valence-electron chi connectivity index (χ3n) is 25.8. The van der Waals surface area contributed by atoms with Crippen molar-refractivity contribution in [1.82, 2.24) is 0 Å². The van der Waals surface area contributed by atoms with E-state index in [1.54, 1.807) is 31.2 Å². The number of rotatable bonds is 21. The number of hydrogen-bond donors (Lipinski definition) is 12. The van der Waals surface area contributed by atoms with Crippen LogP contribution in [0.4, 0.5) is 0 Å². The molecule has 31 nitrogen and oxygen atoms in total. The first-order chi connectivity index (χ1) is 50.0. The number of aliphatic hydroxyl groups is 12. The Morgan fingerprint density at radius 2 is 1.26 bits per heavy atom. The topological polar surface area (TPSA) is 457 Å². The summed E-state index contributed by atoms with van der Waals surface area (Å²) in [5, 5.41) is 134. The number of aliphatic hydroxyl groups excluding tert-OH is 12. The summed E-state index contributed by atoms with van der Waals surface area (Å²) in [6.07, 6.45) is -35.2. The second-order valence-corrected chi connectivity index (χ2v) is 32.7. The molecule has 34 atom stereocenters. The molecule has 0 aromatic heterocycles. The number of methoxy groups -OCH3 is 1. The van der Waals surface area contributed by atoms with Crippen molar-refractivity contribution in [2.75, 3.05) is 26.9 Å². The minimum atomic E-state index is -2.08. The summed E-state index contributed by atoms with van der Waals surface area (Å²) in [5.41, 5.74) is -4.08. The molecular weight excluding hydrogens is 1400 g/mol. The SMILES string of the molecule is CCCCOC(=O)C1OC(OC2CCC3(C)C(CCC4(C)C3CC=C3C5CC(C)(C)CCC5(C(=O)OC5OC(C)C(OC(=O)C=Cc6ccc(OC)cc6)C(OC(C)=O)C5OC5OC(C)C(O)C(O)C5O)C(O)CC34C)C2(C)C=O)C(OC2OC(CO)C(O)C(O)C2O)C(OC2OCC(O)C(O)C2O)C1O. The van der Waals surface area contributed by atoms with Crippen LogP contribution in [0.15, 0.2) is 42.0 Å². The van der Waals surface area contributed by atoms with Crippen molar-refractivity contribution < 1.29 is 152 Å². The molecule has 31 heteroatoms. The van der Waals surface area contributed by atoms with Gasteiger partial charge >= 0.3 is 23.9 Å². The van der Waals surface area contributed by atoms with Crippen molar-refractivity contribution in [2.45, 2.75) is 299 Å². The van der Waals surface area contributed by atoms with Gasteiger partial charge in [0.15, 0.2) is 49.6 Å². The number of aldehydes is 1. The monoisotopic (exact) mass is 1510 g/mol. The zero-order chi connectivity index (χ0) is 77.2. The zero-order valence-electron chi connectivity index (χ0n) is 61.9. The molecule has 34 unspecified atom stereocenters. The first-order valence-corrected chi connectivity index (χ1v) is 37.2. The number of benzene rings is 1. The van der Waals surface area contributed by atoms with Crippen LogP contribution in [0, 0.1) is 50.2 Å². The van der Waals surface area contributed by atoms with Crippen molar-refractivity contribution in [3.63, 3.8) is 0 Å². The van der Waals surface area contributed by atoms with E-state index in [0.29, 0.717) is 62.7 Å². The average Bonchev–Trinajstić information content (AvgIpc) is 0.670. The Morgan fingerprint density at radius 3 is 1.92 bits per heavy atom. The Bertz CT molecular complexity index is 3320. The molecular formula is C75H110O31. The van der Waals surface area contributed by atoms with Gasteiger partial charge in [0.05, 0.1) is 56.8 Å². The lowest BCUT2D eigenvalue weighted by Gasteiger charge is -2.71. The fourth-order valence-electron chi connectivity index (χ4n) is 19.4. The quantitative estimate of drug-likeness (QED) is 0.0154. The molecule has 0 bridgehead atoms. The normalized spacial score (nSPS) is 47.1. The Kier molecular flexibility index (Phi) is 24.9. The largest absolute Gasteiger partial charge is 0.497 e. The highest BCUT2D eigenvalue weighted by Crippen LogP contribution is 2.76. The summed E-state index contributed by atoms with van der Waals surface area (Å²) in [6.45, 7) is 16.8. The van der Waals surface area contributed by atoms with Crippen molar-refractivity contribution in [3.05, 3.63) is 47.6 Å². The number of ether oxygens (including phenoxy) is 14. The molecule has 5 saturated heterocycles. The molecule has 0 spiro atoms. The number of carbonyl (C=O) groups is 5. The van der Waals surface area contributed by atoms with Crippen molar-refractivity contribution in [2.24, 2.45) is 50.2 Å². The van der Waals surface area contributed by atoms with Crippen LogP contribution in [-0.2, 0) is 85.6 Å². The van der Waals surface area contributed by atoms with Gasteiger partial charge in [-0.2, -0.15) is 0 Å². The highest BCUT2D eigenvalue weighted by molar-refractivity contribution is 5.87. The second-order valence-electron chi connectivity index (χ2n) is 32.7. The highest BCUT2D eigenvalue weighted by atomic mass is 16.8. The maximum Gasteiger partial charge on any atom is 0.338 e. The van der Waals surface area contributed by atoms with E-state index in [-0.39, 0.29) is 31.8 Å². The fourth-order valence-corrected chi connectivity index (χ4v) is 19.4. The summed E-state index contributed by atoms with van der Waals surface area (Å²) >= 11 is 0. The van der Waals surface area contributed by atoms with Crippen LogP contribution in [0.2, 0.25) is 0 Å². The molecule has 5 aliphatic carbocycles. The maximum atomic E-state index is 16.1. The third kappa shape index (κ3) is 15.0. The van der Waals surface area contributed by atoms with E-state index in [4.69, 9.17) is 66.3 Å². The molecule has 1 aromatic rings. The lowest BCUT2D eigenvalue weighted by molar-refractivity contribution is -0.392. The van der Waals surface area contributed by atoms with Gasteiger partial charge in [-0.3, -0.25) is 9.59 Å². The molecule has 5 aliphatic heterocycles. The van der Waals surface area contributed by atoms with E-state index in [9.17, 15) is 80.5 Å². The van der Waals surface area contributed by atoms with Gasteiger partial charge < -0.3 is 132 Å². The van der Waals surface area contributed by atoms with Crippen LogP contribution < -0.4 is 4.74 Å². The minimum absolute atomic E-state index is 0.0595. The molecule has 4 saturated carbocycles. The standard InChI is InChI=1S/C75H110O31/c1-12-13-28-94-63(91)59-56(90)58(102-64-53(87)49(83)41(79)32-95-64)61(104-66-55(89)52(86)50(84)42(31-76)99-66)68(103-59)100-46-23-24-71(7)43(72(46,8)33-77)22-25-73(9)44(71)20-19-39-40-29-70(5,6)26-27-75(40,45(80)30-74(39,73)10)69(92)106-67-62(105-65-54(88)51(85)48(82)34(2)96-65)60(98-36(4)78)57(35(3)97-67)101-47(81)21-16-37-14-17-38(93-11)18-15-37/h14-19,21,33-35,40-46,48-62,64-68,76,79-80,82-90H,12-13,20,22-32H2,1-11H3. The molecule has 0 amide bonds. The molecule has 11 rings (SSSR count). The van der Waals surface area contributed by atoms with Crippen LogP contribution in [0.25, 0.3) is 6.08 Å². The van der Waals surface area contributed by atoms with E-state index in [1.807, 2.05) is 6.92 Å². The Labute approximate surface area is 615 Å². The fraction of sp³-hybridized carbons (Fsp3) is 0.800.